The highest BCUT2D eigenvalue weighted by atomic mass is 31.2. The highest BCUT2D eigenvalue weighted by Gasteiger charge is 2.97. The third kappa shape index (κ3) is 1.63. The van der Waals surface area contributed by atoms with E-state index in [9.17, 15) is 9.13 Å². The Bertz CT molecular complexity index is 629. The van der Waals surface area contributed by atoms with Gasteiger partial charge >= 0.3 is 27.3 Å². The highest BCUT2D eigenvalue weighted by Crippen LogP contribution is 2.89. The van der Waals surface area contributed by atoms with Crippen molar-refractivity contribution in [2.75, 3.05) is 19.6 Å². The molecule has 2 N–H and O–H groups in total. The molecule has 0 radical (unpaired) electrons. The van der Waals surface area contributed by atoms with Crippen LogP contribution in [0.1, 0.15) is 0 Å². The van der Waals surface area contributed by atoms with Crippen molar-refractivity contribution < 1.29 is 36.3 Å². The zero-order valence-electron chi connectivity index (χ0n) is 11.4. The molecule has 1 spiro atoms. The predicted molar refractivity (Wildman–Crippen MR) is 71.2 cm³/mol. The highest BCUT2D eigenvalue weighted by molar-refractivity contribution is 7.51. The van der Waals surface area contributed by atoms with Crippen LogP contribution < -0.4 is 10.6 Å². The Balaban J connectivity index is 1.69. The molecule has 6 saturated heterocycles. The van der Waals surface area contributed by atoms with Crippen LogP contribution in [0, 0.1) is 0 Å². The smallest absolute Gasteiger partial charge is 0.308 e. The Morgan fingerprint density at radius 3 is 2.09 bits per heavy atom. The number of phosphoric ester groups is 2. The Morgan fingerprint density at radius 2 is 1.50 bits per heavy atom. The third-order valence-electron chi connectivity index (χ3n) is 3.54. The van der Waals surface area contributed by atoms with Crippen LogP contribution in [0.15, 0.2) is 25.3 Å². The molecule has 0 aromatic rings. The molecule has 0 aromatic heterocycles. The molecule has 6 fully saturated rings. The van der Waals surface area contributed by atoms with Crippen LogP contribution in [0.3, 0.4) is 0 Å². The van der Waals surface area contributed by atoms with Gasteiger partial charge < -0.3 is 5.32 Å². The lowest BCUT2D eigenvalue weighted by Crippen LogP contribution is -2.73. The van der Waals surface area contributed by atoms with E-state index in [0.717, 1.165) is 0 Å². The number of nitrogens with one attached hydrogen (secondary N) is 2. The van der Waals surface area contributed by atoms with E-state index >= 15 is 0 Å². The minimum Gasteiger partial charge on any atom is -0.308 e. The fraction of sp³-hybridized carbons (Fsp3) is 0.600. The first-order valence-corrected chi connectivity index (χ1v) is 9.40. The Kier molecular flexibility index (Phi) is 3.01. The lowest BCUT2D eigenvalue weighted by atomic mass is 10.0. The maximum absolute atomic E-state index is 12.1. The van der Waals surface area contributed by atoms with E-state index in [1.807, 2.05) is 0 Å². The maximum atomic E-state index is 12.1. The lowest BCUT2D eigenvalue weighted by Gasteiger charge is -2.43. The number of phosphoric acid groups is 2. The SMILES string of the molecule is C=CCNCC12OP(=O)(O1)OC21OP2(=O)OC1(NCC=C)O2. The molecule has 6 rings (SSSR count). The molecule has 4 bridgehead atoms. The molecular weight excluding hydrogens is 338 g/mol. The molecule has 6 aliphatic heterocycles. The van der Waals surface area contributed by atoms with E-state index in [0.29, 0.717) is 6.54 Å². The predicted octanol–water partition coefficient (Wildman–Crippen LogP) is 0.954. The van der Waals surface area contributed by atoms with Crippen LogP contribution in [-0.4, -0.2) is 37.1 Å². The zero-order chi connectivity index (χ0) is 15.7. The quantitative estimate of drug-likeness (QED) is 0.390. The van der Waals surface area contributed by atoms with Crippen molar-refractivity contribution in [1.82, 2.24) is 10.6 Å². The largest absolute Gasteiger partial charge is 0.485 e. The van der Waals surface area contributed by atoms with Gasteiger partial charge in [0.05, 0.1) is 6.54 Å². The molecule has 1 unspecified atom stereocenters. The van der Waals surface area contributed by atoms with E-state index in [4.69, 9.17) is 27.1 Å². The number of hydrogen-bond donors (Lipinski definition) is 2. The van der Waals surface area contributed by atoms with Gasteiger partial charge in [-0.25, -0.2) is 36.3 Å². The van der Waals surface area contributed by atoms with Crippen molar-refractivity contribution in [2.24, 2.45) is 0 Å². The molecule has 22 heavy (non-hydrogen) atoms. The van der Waals surface area contributed by atoms with Crippen LogP contribution in [-0.2, 0) is 36.3 Å². The first kappa shape index (κ1) is 15.2. The van der Waals surface area contributed by atoms with Gasteiger partial charge in [0.1, 0.15) is 0 Å². The van der Waals surface area contributed by atoms with Gasteiger partial charge in [0, 0.05) is 13.1 Å². The summed E-state index contributed by atoms with van der Waals surface area (Å²) in [6.45, 7) is 7.83. The van der Waals surface area contributed by atoms with E-state index in [1.54, 1.807) is 6.08 Å². The van der Waals surface area contributed by atoms with Crippen LogP contribution >= 0.6 is 15.6 Å². The Morgan fingerprint density at radius 1 is 0.909 bits per heavy atom. The normalized spacial score (nSPS) is 54.0. The van der Waals surface area contributed by atoms with Gasteiger partial charge in [0.15, 0.2) is 0 Å². The number of rotatable bonds is 7. The molecule has 122 valence electrons. The lowest BCUT2D eigenvalue weighted by molar-refractivity contribution is -0.348. The zero-order valence-corrected chi connectivity index (χ0v) is 13.1. The molecule has 10 nitrogen and oxygen atoms in total. The van der Waals surface area contributed by atoms with Crippen molar-refractivity contribution in [3.63, 3.8) is 0 Å². The molecule has 12 heteroatoms. The summed E-state index contributed by atoms with van der Waals surface area (Å²) in [6.07, 6.45) is 3.15. The van der Waals surface area contributed by atoms with Gasteiger partial charge in [0.2, 0.25) is 0 Å². The van der Waals surface area contributed by atoms with Gasteiger partial charge in [-0.3, -0.25) is 5.32 Å². The standard InChI is InChI=1S/C10H14N2O8P2/c1-3-5-11-7-8-9(17-21(13,15-8)16-8)10(12-6-4-2)19-22(14,18-9)20-10/h3-4,11-12H,1-2,5-7H2. The summed E-state index contributed by atoms with van der Waals surface area (Å²) < 4.78 is 55.9. The third-order valence-corrected chi connectivity index (χ3v) is 6.50. The average Bonchev–Trinajstić information content (AvgIpc) is 2.95. The van der Waals surface area contributed by atoms with Crippen LogP contribution in [0.2, 0.25) is 0 Å². The van der Waals surface area contributed by atoms with Crippen LogP contribution in [0.4, 0.5) is 0 Å². The first-order chi connectivity index (χ1) is 10.4. The fourth-order valence-electron chi connectivity index (χ4n) is 2.75. The summed E-state index contributed by atoms with van der Waals surface area (Å²) in [5, 5.41) is 5.76. The summed E-state index contributed by atoms with van der Waals surface area (Å²) in [5.74, 6) is -5.25. The van der Waals surface area contributed by atoms with Crippen molar-refractivity contribution in [1.29, 1.82) is 0 Å². The van der Waals surface area contributed by atoms with Gasteiger partial charge in [-0.05, 0) is 0 Å². The van der Waals surface area contributed by atoms with Gasteiger partial charge in [0.25, 0.3) is 5.79 Å². The minimum atomic E-state index is -3.79. The molecule has 6 heterocycles. The van der Waals surface area contributed by atoms with Crippen LogP contribution in [0.25, 0.3) is 0 Å². The van der Waals surface area contributed by atoms with Gasteiger partial charge in [-0.15, -0.1) is 13.2 Å². The van der Waals surface area contributed by atoms with E-state index < -0.39 is 33.1 Å². The second-order valence-corrected chi connectivity index (χ2v) is 7.90. The molecule has 0 aliphatic carbocycles. The van der Waals surface area contributed by atoms with Crippen molar-refractivity contribution in [2.45, 2.75) is 17.5 Å². The monoisotopic (exact) mass is 352 g/mol. The molecule has 0 amide bonds. The summed E-state index contributed by atoms with van der Waals surface area (Å²) in [6, 6.07) is 0. The van der Waals surface area contributed by atoms with Crippen molar-refractivity contribution >= 4 is 15.6 Å². The Hall–Kier alpha value is -0.380. The average molecular weight is 352 g/mol. The van der Waals surface area contributed by atoms with Gasteiger partial charge in [-0.1, -0.05) is 12.2 Å². The molecule has 0 saturated carbocycles. The molecule has 1 atom stereocenters. The second-order valence-electron chi connectivity index (χ2n) is 5.02. The van der Waals surface area contributed by atoms with Crippen molar-refractivity contribution in [3.8, 4) is 0 Å². The Labute approximate surface area is 126 Å². The van der Waals surface area contributed by atoms with E-state index in [2.05, 4.69) is 23.8 Å². The molecule has 6 aliphatic rings. The summed E-state index contributed by atoms with van der Waals surface area (Å²) in [7, 11) is -7.57. The summed E-state index contributed by atoms with van der Waals surface area (Å²) >= 11 is 0. The fourth-order valence-corrected chi connectivity index (χ4v) is 6.30. The first-order valence-electron chi connectivity index (χ1n) is 6.48. The van der Waals surface area contributed by atoms with E-state index in [-0.39, 0.29) is 13.1 Å². The van der Waals surface area contributed by atoms with Crippen LogP contribution in [0.5, 0.6) is 0 Å². The number of hydrogen-bond acceptors (Lipinski definition) is 10. The van der Waals surface area contributed by atoms with Gasteiger partial charge in [-0.2, -0.15) is 0 Å². The summed E-state index contributed by atoms with van der Waals surface area (Å²) in [4.78, 5) is 0. The maximum Gasteiger partial charge on any atom is 0.485 e. The molecule has 0 aromatic carbocycles. The topological polar surface area (TPSA) is 114 Å². The molecular formula is C10H14N2O8P2. The summed E-state index contributed by atoms with van der Waals surface area (Å²) in [5.41, 5.74) is 0. The van der Waals surface area contributed by atoms with E-state index in [1.165, 1.54) is 6.08 Å². The minimum absolute atomic E-state index is 0.0350. The second kappa shape index (κ2) is 4.37. The van der Waals surface area contributed by atoms with Crippen molar-refractivity contribution in [3.05, 3.63) is 25.3 Å².